The Labute approximate surface area is 620 Å². The van der Waals surface area contributed by atoms with Gasteiger partial charge in [0.15, 0.2) is 16.3 Å². The molecule has 0 aliphatic rings. The predicted molar refractivity (Wildman–Crippen MR) is 349 cm³/mol. The zero-order valence-electron chi connectivity index (χ0n) is 50.2. The van der Waals surface area contributed by atoms with E-state index < -0.39 is 11.9 Å². The standard InChI is InChI=1S/C11H10NOS.C10H9NO2.C10H7NOS.C10H9NOS.C9H5N3O2.C9H6O3.6CN.Fe.HI.K/c1-7-12(2)11-10(14-7)8-5-3-4-6-9(8)13-11;1-7(12)11-10-6-8-4-2-3-5-9(8)13-10;1-6-11-10-9(13-6)7-4-2-3-5-8(7)12-10;1-7(13)11-10-6-8-4-2-3-5-9(8)12-10;10-12-11-9(13)8-5-6-3-1-2-4-7(6)14-8;10-9(11)8-5-6-3-1-2-4-7(6)12-8;6*1-2;;;/h3-6H,1-2H3;2-6H,1H3,(H,11,12);2-5H,1H3;2-6H,1H3,(H,11,13);1-5H;1-5H,(H,10,11);;;;;;;;1H;/q+1;;;;;;6*-1;+6;;/p-1. The molecule has 465 valence electrons. The van der Waals surface area contributed by atoms with Crippen molar-refractivity contribution in [3.05, 3.63) is 241 Å². The van der Waals surface area contributed by atoms with Crippen molar-refractivity contribution in [2.45, 2.75) is 27.7 Å². The molecule has 0 spiro atoms. The molecule has 0 bridgehead atoms. The minimum Gasteiger partial charge on any atom is -1.00 e. The van der Waals surface area contributed by atoms with Crippen molar-refractivity contribution in [3.8, 4) is 0 Å². The van der Waals surface area contributed by atoms with Gasteiger partial charge < -0.3 is 132 Å². The molecule has 8 heterocycles. The molecule has 1 radical (unpaired) electrons. The van der Waals surface area contributed by atoms with E-state index in [2.05, 4.69) is 49.3 Å². The monoisotopic (exact) mass is 1490 g/mol. The van der Waals surface area contributed by atoms with E-state index in [0.29, 0.717) is 27.9 Å². The summed E-state index contributed by atoms with van der Waals surface area (Å²) in [6, 6.07) is 52.8. The summed E-state index contributed by atoms with van der Waals surface area (Å²) in [5.41, 5.74) is 14.6. The number of halogens is 1. The quantitative estimate of drug-likeness (QED) is 0.0215. The smallest absolute Gasteiger partial charge is 1.00 e. The maximum absolute atomic E-state index is 11.1. The fourth-order valence-corrected chi connectivity index (χ4v) is 9.92. The number of hydrogen-bond donors (Lipinski definition) is 3. The molecule has 14 rings (SSSR count). The van der Waals surface area contributed by atoms with Crippen molar-refractivity contribution in [2.75, 3.05) is 10.6 Å². The predicted octanol–water partition coefficient (Wildman–Crippen LogP) is 13.9. The molecule has 0 aliphatic carbocycles. The van der Waals surface area contributed by atoms with E-state index in [1.54, 1.807) is 59.1 Å². The Morgan fingerprint density at radius 2 is 0.926 bits per heavy atom. The van der Waals surface area contributed by atoms with Gasteiger partial charge in [0.05, 0.1) is 10.00 Å². The number of aromatic nitrogens is 2. The van der Waals surface area contributed by atoms with Crippen LogP contribution < -0.4 is 39.2 Å². The molecule has 0 saturated carbocycles. The van der Waals surface area contributed by atoms with Gasteiger partial charge in [-0.15, -0.1) is 11.3 Å². The molecular formula is C65H46FeIKN13O10S3. The number of aryl methyl sites for hydroxylation is 3. The molecule has 94 heavy (non-hydrogen) atoms. The number of rotatable bonds is 4. The molecule has 14 aromatic rings. The Balaban J connectivity index is 0.00000106. The zero-order valence-corrected chi connectivity index (χ0v) is 59.0. The number of carbonyl (C=O) groups excluding carboxylic acids is 2. The number of nitrogens with one attached hydrogen (secondary N) is 2. The van der Waals surface area contributed by atoms with E-state index in [1.807, 2.05) is 136 Å². The van der Waals surface area contributed by atoms with E-state index in [0.717, 1.165) is 65.0 Å². The summed E-state index contributed by atoms with van der Waals surface area (Å²) < 4.78 is 36.9. The Kier molecular flexibility index (Phi) is 39.7. The number of thiazole rings is 2. The van der Waals surface area contributed by atoms with Crippen LogP contribution in [0.4, 0.5) is 11.8 Å². The first-order valence-corrected chi connectivity index (χ1v) is 27.4. The maximum atomic E-state index is 11.1. The fraction of sp³-hybridized carbons (Fsp3) is 0.0769. The Hall–Kier alpha value is -10.0. The number of carboxylic acids is 1. The first-order valence-electron chi connectivity index (χ1n) is 25.4. The summed E-state index contributed by atoms with van der Waals surface area (Å²) in [5.74, 6) is -0.628. The Morgan fingerprint density at radius 3 is 1.34 bits per heavy atom. The largest absolute Gasteiger partial charge is 6.00 e. The summed E-state index contributed by atoms with van der Waals surface area (Å²) in [7, 11) is 2.04. The number of amides is 2. The SMILES string of the molecule is CC(=O)Nc1cc2ccccc2o1.CC(=S)Nc1cc2ccccc2o1.Cc1nc2oc3ccccc3c2s1.Cc1sc2c3ccccc3oc2[n+]1C.O=C(O)c1cc2ccccc2o1.[C-]#N.[C-]#N.[C-]#N.[C-]#N.[C-]#N.[C-]#N.[Fe+6].[I-].[K].[N-]=[N+]=NC(=O)c1cc2ccccc2o1. The van der Waals surface area contributed by atoms with Crippen molar-refractivity contribution >= 4 is 207 Å². The number of anilines is 2. The number of azide groups is 1. The number of hydrogen-bond acceptors (Lipinski definition) is 19. The fourth-order valence-electron chi connectivity index (χ4n) is 7.88. The second-order valence-corrected chi connectivity index (χ2v) is 20.2. The molecule has 3 N–H and O–H groups in total. The molecule has 8 aromatic heterocycles. The van der Waals surface area contributed by atoms with Crippen LogP contribution in [0, 0.1) is 84.9 Å². The van der Waals surface area contributed by atoms with E-state index in [9.17, 15) is 14.4 Å². The maximum Gasteiger partial charge on any atom is 6.00 e. The summed E-state index contributed by atoms with van der Waals surface area (Å²) in [4.78, 5) is 39.7. The van der Waals surface area contributed by atoms with Crippen LogP contribution in [-0.4, -0.2) is 84.2 Å². The Bertz CT molecular complexity index is 4640. The number of furan rings is 6. The van der Waals surface area contributed by atoms with Gasteiger partial charge in [0, 0.05) is 115 Å². The van der Waals surface area contributed by atoms with Crippen LogP contribution in [0.5, 0.6) is 0 Å². The van der Waals surface area contributed by atoms with Crippen molar-refractivity contribution in [3.63, 3.8) is 0 Å². The van der Waals surface area contributed by atoms with Gasteiger partial charge in [-0.05, 0) is 85.2 Å². The first kappa shape index (κ1) is 84.0. The molecule has 0 aliphatic heterocycles. The summed E-state index contributed by atoms with van der Waals surface area (Å²) in [5, 5.41) is 63.0. The van der Waals surface area contributed by atoms with Gasteiger partial charge in [-0.1, -0.05) is 121 Å². The first-order chi connectivity index (χ1) is 44.2. The normalized spacial score (nSPS) is 9.03. The van der Waals surface area contributed by atoms with E-state index in [4.69, 9.17) is 120 Å². The number of para-hydroxylation sites is 6. The van der Waals surface area contributed by atoms with Gasteiger partial charge in [0.25, 0.3) is 5.91 Å². The van der Waals surface area contributed by atoms with Gasteiger partial charge in [-0.2, -0.15) is 4.57 Å². The number of aromatic carboxylic acids is 1. The molecule has 23 nitrogen and oxygen atoms in total. The van der Waals surface area contributed by atoms with E-state index in [-0.39, 0.29) is 110 Å². The summed E-state index contributed by atoms with van der Waals surface area (Å²) >= 11 is 8.38. The van der Waals surface area contributed by atoms with E-state index in [1.165, 1.54) is 33.5 Å². The van der Waals surface area contributed by atoms with Crippen molar-refractivity contribution in [1.29, 1.82) is 31.6 Å². The van der Waals surface area contributed by atoms with Crippen LogP contribution in [0.2, 0.25) is 0 Å². The molecular weight excluding hydrogens is 1440 g/mol. The van der Waals surface area contributed by atoms with Crippen LogP contribution in [0.1, 0.15) is 45.0 Å². The summed E-state index contributed by atoms with van der Waals surface area (Å²) in [6.07, 6.45) is 0. The summed E-state index contributed by atoms with van der Waals surface area (Å²) in [6.45, 7) is 35.9. The second-order valence-electron chi connectivity index (χ2n) is 17.1. The molecule has 29 heteroatoms. The molecule has 0 unspecified atom stereocenters. The molecule has 0 atom stereocenters. The zero-order chi connectivity index (χ0) is 67.6. The van der Waals surface area contributed by atoms with Crippen LogP contribution in [0.3, 0.4) is 0 Å². The van der Waals surface area contributed by atoms with Crippen LogP contribution in [0.15, 0.2) is 201 Å². The number of fused-ring (bicyclic) bond motifs is 10. The minimum absolute atomic E-state index is 0. The minimum atomic E-state index is -1.04. The van der Waals surface area contributed by atoms with Gasteiger partial charge in [-0.3, -0.25) is 14.9 Å². The van der Waals surface area contributed by atoms with Crippen molar-refractivity contribution in [1.82, 2.24) is 4.98 Å². The number of nitrogens with zero attached hydrogens (tertiary/aromatic N) is 11. The van der Waals surface area contributed by atoms with Gasteiger partial charge in [-0.25, -0.2) is 9.78 Å². The number of thiocarbonyl (C=S) groups is 1. The second kappa shape index (κ2) is 44.5. The third kappa shape index (κ3) is 23.6. The molecule has 2 amide bonds. The average molecular weight is 1490 g/mol. The van der Waals surface area contributed by atoms with Crippen molar-refractivity contribution in [2.24, 2.45) is 12.2 Å². The van der Waals surface area contributed by atoms with Crippen LogP contribution in [0.25, 0.3) is 97.1 Å². The molecule has 0 fully saturated rings. The van der Waals surface area contributed by atoms with Crippen molar-refractivity contribution < 1.29 is 91.6 Å². The Morgan fingerprint density at radius 1 is 0.553 bits per heavy atom. The van der Waals surface area contributed by atoms with Crippen LogP contribution >= 0.6 is 34.9 Å². The molecule has 6 aromatic carbocycles. The third-order valence-electron chi connectivity index (χ3n) is 11.5. The third-order valence-corrected chi connectivity index (χ3v) is 13.7. The number of carbonyl (C=O) groups is 3. The molecule has 0 saturated heterocycles. The average Bonchev–Trinajstić information content (AvgIpc) is 1.63. The number of carboxylic acid groups (broad SMARTS) is 1. The van der Waals surface area contributed by atoms with Gasteiger partial charge in [0.1, 0.15) is 45.2 Å². The van der Waals surface area contributed by atoms with Crippen LogP contribution in [-0.2, 0) is 28.9 Å². The van der Waals surface area contributed by atoms with Gasteiger partial charge in [0.2, 0.25) is 28.3 Å². The number of benzene rings is 6. The van der Waals surface area contributed by atoms with Gasteiger partial charge >= 0.3 is 28.8 Å². The van der Waals surface area contributed by atoms with E-state index >= 15 is 0 Å². The topological polar surface area (TPSA) is 383 Å².